The minimum atomic E-state index is -4.46. The molecule has 2 aromatic heterocycles. The number of aryl methyl sites for hydroxylation is 2. The number of aromatic nitrogens is 3. The Hall–Kier alpha value is -3.41. The lowest BCUT2D eigenvalue weighted by Gasteiger charge is -2.38. The van der Waals surface area contributed by atoms with E-state index in [0.29, 0.717) is 47.9 Å². The van der Waals surface area contributed by atoms with Crippen LogP contribution in [0.4, 0.5) is 23.4 Å². The van der Waals surface area contributed by atoms with Crippen molar-refractivity contribution in [2.24, 2.45) is 4.99 Å². The largest absolute Gasteiger partial charge is 0.408 e. The first-order valence-corrected chi connectivity index (χ1v) is 13.3. The van der Waals surface area contributed by atoms with Gasteiger partial charge in [0.15, 0.2) is 11.5 Å². The molecule has 4 rings (SSSR count). The molecule has 0 saturated carbocycles. The molecule has 40 heavy (non-hydrogen) atoms. The van der Waals surface area contributed by atoms with Crippen LogP contribution in [0.1, 0.15) is 68.0 Å². The SMILES string of the molecule is C=CC(C)(F)c1nc(CC)cc(C2CCc3cc(NC(C)=O)ncc3C(N3CCC(N(C)C)(C(F)(F)F)C3)=N2)n1. The number of carbonyl (C=O) groups is 1. The van der Waals surface area contributed by atoms with Gasteiger partial charge < -0.3 is 10.2 Å². The summed E-state index contributed by atoms with van der Waals surface area (Å²) in [6.45, 7) is 7.98. The number of likely N-dealkylation sites (tertiary alicyclic amines) is 1. The van der Waals surface area contributed by atoms with E-state index in [1.54, 1.807) is 23.2 Å². The number of amides is 1. The van der Waals surface area contributed by atoms with Crippen molar-refractivity contribution in [2.75, 3.05) is 32.5 Å². The highest BCUT2D eigenvalue weighted by molar-refractivity contribution is 6.01. The van der Waals surface area contributed by atoms with Crippen molar-refractivity contribution in [3.8, 4) is 0 Å². The molecule has 2 aromatic rings. The second-order valence-electron chi connectivity index (χ2n) is 10.8. The summed E-state index contributed by atoms with van der Waals surface area (Å²) in [5.41, 5.74) is -1.51. The number of nitrogens with one attached hydrogen (secondary N) is 1. The quantitative estimate of drug-likeness (QED) is 0.404. The molecule has 0 radical (unpaired) electrons. The van der Waals surface area contributed by atoms with Crippen LogP contribution in [0.25, 0.3) is 0 Å². The normalized spacial score (nSPS) is 22.8. The number of hydrogen-bond donors (Lipinski definition) is 1. The topological polar surface area (TPSA) is 86.6 Å². The molecule has 216 valence electrons. The molecular formula is C28H35F4N7O. The smallest absolute Gasteiger partial charge is 0.354 e. The third kappa shape index (κ3) is 5.59. The molecular weight excluding hydrogens is 526 g/mol. The molecule has 2 aliphatic rings. The molecule has 3 atom stereocenters. The molecule has 1 amide bonds. The van der Waals surface area contributed by atoms with E-state index in [1.807, 2.05) is 6.92 Å². The van der Waals surface area contributed by atoms with Gasteiger partial charge in [-0.15, -0.1) is 0 Å². The number of likely N-dealkylation sites (N-methyl/N-ethyl adjacent to an activating group) is 1. The number of aliphatic imine (C=N–C) groups is 1. The molecule has 0 aromatic carbocycles. The fraction of sp³-hybridized carbons (Fsp3) is 0.536. The fourth-order valence-electron chi connectivity index (χ4n) is 5.20. The molecule has 4 heterocycles. The molecule has 1 saturated heterocycles. The zero-order chi connectivity index (χ0) is 29.5. The van der Waals surface area contributed by atoms with E-state index in [2.05, 4.69) is 26.8 Å². The highest BCUT2D eigenvalue weighted by Crippen LogP contribution is 2.42. The number of pyridine rings is 1. The van der Waals surface area contributed by atoms with Gasteiger partial charge in [0.25, 0.3) is 0 Å². The molecule has 2 aliphatic heterocycles. The molecule has 0 spiro atoms. The zero-order valence-electron chi connectivity index (χ0n) is 23.4. The Morgan fingerprint density at radius 2 is 2.00 bits per heavy atom. The zero-order valence-corrected chi connectivity index (χ0v) is 23.4. The Morgan fingerprint density at radius 3 is 2.58 bits per heavy atom. The van der Waals surface area contributed by atoms with Gasteiger partial charge in [-0.2, -0.15) is 13.2 Å². The maximum atomic E-state index is 15.2. The molecule has 1 N–H and O–H groups in total. The Morgan fingerprint density at radius 1 is 1.27 bits per heavy atom. The van der Waals surface area contributed by atoms with Crippen LogP contribution < -0.4 is 5.32 Å². The van der Waals surface area contributed by atoms with Gasteiger partial charge in [0, 0.05) is 37.5 Å². The maximum absolute atomic E-state index is 15.2. The van der Waals surface area contributed by atoms with Crippen molar-refractivity contribution < 1.29 is 22.4 Å². The Labute approximate surface area is 231 Å². The first kappa shape index (κ1) is 29.6. The Balaban J connectivity index is 1.84. The molecule has 0 bridgehead atoms. The fourth-order valence-corrected chi connectivity index (χ4v) is 5.20. The lowest BCUT2D eigenvalue weighted by Crippen LogP contribution is -2.58. The van der Waals surface area contributed by atoms with E-state index >= 15 is 4.39 Å². The average molecular weight is 562 g/mol. The molecule has 3 unspecified atom stereocenters. The second-order valence-corrected chi connectivity index (χ2v) is 10.8. The van der Waals surface area contributed by atoms with Crippen LogP contribution in [0.15, 0.2) is 36.0 Å². The van der Waals surface area contributed by atoms with E-state index in [-0.39, 0.29) is 31.2 Å². The highest BCUT2D eigenvalue weighted by Gasteiger charge is 2.60. The standard InChI is InChI=1S/C28H35F4N7O/c1-7-19-14-22(37-25(35-19)26(4,29)8-2)21-10-9-18-13-23(34-17(3)40)33-15-20(18)24(36-21)39-12-11-27(16-39,38(5)6)28(30,31)32/h8,13-15,21H,2,7,9-12,16H2,1,3-6H3,(H,33,34,40). The van der Waals surface area contributed by atoms with Gasteiger partial charge in [-0.05, 0) is 70.5 Å². The summed E-state index contributed by atoms with van der Waals surface area (Å²) in [7, 11) is 2.87. The Bertz CT molecular complexity index is 1320. The van der Waals surface area contributed by atoms with Crippen LogP contribution in [0.2, 0.25) is 0 Å². The predicted octanol–water partition coefficient (Wildman–Crippen LogP) is 4.77. The van der Waals surface area contributed by atoms with Gasteiger partial charge in [0.05, 0.1) is 11.7 Å². The van der Waals surface area contributed by atoms with Gasteiger partial charge in [-0.1, -0.05) is 13.5 Å². The van der Waals surface area contributed by atoms with Crippen molar-refractivity contribution in [1.82, 2.24) is 24.8 Å². The first-order valence-electron chi connectivity index (χ1n) is 13.3. The number of carbonyl (C=O) groups excluding carboxylic acids is 1. The van der Waals surface area contributed by atoms with Gasteiger partial charge in [-0.3, -0.25) is 14.7 Å². The van der Waals surface area contributed by atoms with Crippen molar-refractivity contribution in [3.63, 3.8) is 0 Å². The van der Waals surface area contributed by atoms with Crippen molar-refractivity contribution in [2.45, 2.75) is 69.9 Å². The predicted molar refractivity (Wildman–Crippen MR) is 145 cm³/mol. The van der Waals surface area contributed by atoms with Gasteiger partial charge in [0.2, 0.25) is 5.91 Å². The third-order valence-electron chi connectivity index (χ3n) is 7.75. The van der Waals surface area contributed by atoms with Crippen LogP contribution in [-0.4, -0.2) is 75.4 Å². The van der Waals surface area contributed by atoms with Crippen LogP contribution in [-0.2, 0) is 23.3 Å². The highest BCUT2D eigenvalue weighted by atomic mass is 19.4. The molecule has 1 fully saturated rings. The second kappa shape index (κ2) is 10.9. The number of hydrogen-bond acceptors (Lipinski definition) is 7. The summed E-state index contributed by atoms with van der Waals surface area (Å²) in [4.78, 5) is 32.7. The minimum Gasteiger partial charge on any atom is -0.354 e. The number of anilines is 1. The van der Waals surface area contributed by atoms with E-state index < -0.39 is 23.4 Å². The van der Waals surface area contributed by atoms with Crippen LogP contribution in [0.5, 0.6) is 0 Å². The number of allylic oxidation sites excluding steroid dienone is 1. The summed E-state index contributed by atoms with van der Waals surface area (Å²) < 4.78 is 58.3. The maximum Gasteiger partial charge on any atom is 0.408 e. The van der Waals surface area contributed by atoms with E-state index in [9.17, 15) is 18.0 Å². The van der Waals surface area contributed by atoms with Gasteiger partial charge in [-0.25, -0.2) is 19.3 Å². The van der Waals surface area contributed by atoms with Crippen molar-refractivity contribution in [3.05, 3.63) is 59.3 Å². The summed E-state index contributed by atoms with van der Waals surface area (Å²) in [5, 5.41) is 2.67. The van der Waals surface area contributed by atoms with Crippen molar-refractivity contribution >= 4 is 17.6 Å². The van der Waals surface area contributed by atoms with E-state index in [0.717, 1.165) is 11.6 Å². The number of nitrogens with zero attached hydrogens (tertiary/aromatic N) is 6. The lowest BCUT2D eigenvalue weighted by atomic mass is 9.96. The minimum absolute atomic E-state index is 0.0326. The third-order valence-corrected chi connectivity index (χ3v) is 7.75. The number of amidine groups is 1. The molecule has 8 nitrogen and oxygen atoms in total. The van der Waals surface area contributed by atoms with Gasteiger partial charge >= 0.3 is 6.18 Å². The summed E-state index contributed by atoms with van der Waals surface area (Å²) in [6.07, 6.45) is -0.416. The summed E-state index contributed by atoms with van der Waals surface area (Å²) in [5.74, 6) is 0.401. The summed E-state index contributed by atoms with van der Waals surface area (Å²) >= 11 is 0. The van der Waals surface area contributed by atoms with Crippen molar-refractivity contribution in [1.29, 1.82) is 0 Å². The average Bonchev–Trinajstić information content (AvgIpc) is 3.27. The van der Waals surface area contributed by atoms with E-state index in [4.69, 9.17) is 4.99 Å². The number of halogens is 4. The first-order chi connectivity index (χ1) is 18.7. The monoisotopic (exact) mass is 561 g/mol. The number of alkyl halides is 4. The summed E-state index contributed by atoms with van der Waals surface area (Å²) in [6, 6.07) is 2.93. The van der Waals surface area contributed by atoms with Crippen LogP contribution in [0, 0.1) is 0 Å². The van der Waals surface area contributed by atoms with Gasteiger partial charge in [0.1, 0.15) is 17.2 Å². The number of fused-ring (bicyclic) bond motifs is 1. The van der Waals surface area contributed by atoms with Crippen LogP contribution in [0.3, 0.4) is 0 Å². The Kier molecular flexibility index (Phi) is 8.04. The molecule has 0 aliphatic carbocycles. The van der Waals surface area contributed by atoms with Crippen LogP contribution >= 0.6 is 0 Å². The molecule has 12 heteroatoms. The number of rotatable bonds is 6. The lowest BCUT2D eigenvalue weighted by molar-refractivity contribution is -0.219. The van der Waals surface area contributed by atoms with E-state index in [1.165, 1.54) is 32.8 Å².